The third kappa shape index (κ3) is 4.05. The van der Waals surface area contributed by atoms with E-state index in [9.17, 15) is 4.79 Å². The highest BCUT2D eigenvalue weighted by Crippen LogP contribution is 2.25. The molecule has 1 N–H and O–H groups in total. The highest BCUT2D eigenvalue weighted by atomic mass is 16.2. The quantitative estimate of drug-likeness (QED) is 0.910. The van der Waals surface area contributed by atoms with E-state index < -0.39 is 0 Å². The van der Waals surface area contributed by atoms with Crippen molar-refractivity contribution in [1.29, 1.82) is 0 Å². The number of aryl methyl sites for hydroxylation is 1. The van der Waals surface area contributed by atoms with Crippen molar-refractivity contribution in [3.63, 3.8) is 0 Å². The summed E-state index contributed by atoms with van der Waals surface area (Å²) in [6.07, 6.45) is 12.5. The minimum absolute atomic E-state index is 0.0369. The Hall–Kier alpha value is -1.43. The molecule has 3 aliphatic rings. The number of carbonyl (C=O) groups excluding carboxylic acids is 1. The maximum Gasteiger partial charge on any atom is 0.289 e. The van der Waals surface area contributed by atoms with Crippen molar-refractivity contribution >= 4 is 5.91 Å². The highest BCUT2D eigenvalue weighted by molar-refractivity contribution is 5.91. The molecule has 1 aromatic heterocycles. The van der Waals surface area contributed by atoms with Crippen LogP contribution in [0, 0.1) is 5.92 Å². The van der Waals surface area contributed by atoms with E-state index in [1.807, 2.05) is 4.57 Å². The summed E-state index contributed by atoms with van der Waals surface area (Å²) in [6.45, 7) is 4.27. The lowest BCUT2D eigenvalue weighted by molar-refractivity contribution is 0.0874. The number of fused-ring (bicyclic) bond motifs is 1. The number of carbonyl (C=O) groups is 1. The van der Waals surface area contributed by atoms with Gasteiger partial charge in [-0.1, -0.05) is 19.3 Å². The molecule has 3 heterocycles. The lowest BCUT2D eigenvalue weighted by Crippen LogP contribution is -2.49. The topological polar surface area (TPSA) is 63.1 Å². The molecule has 0 bridgehead atoms. The van der Waals surface area contributed by atoms with Crippen LogP contribution in [0.2, 0.25) is 0 Å². The van der Waals surface area contributed by atoms with Crippen molar-refractivity contribution in [3.8, 4) is 0 Å². The molecule has 1 aliphatic carbocycles. The summed E-state index contributed by atoms with van der Waals surface area (Å²) in [6, 6.07) is 0.251. The number of piperidine rings is 1. The average molecular weight is 345 g/mol. The molecule has 0 unspecified atom stereocenters. The molecule has 6 nitrogen and oxygen atoms in total. The summed E-state index contributed by atoms with van der Waals surface area (Å²) in [5, 5.41) is 11.6. The Labute approximate surface area is 150 Å². The number of hydrogen-bond donors (Lipinski definition) is 1. The molecule has 0 spiro atoms. The fourth-order valence-corrected chi connectivity index (χ4v) is 4.80. The Morgan fingerprint density at radius 1 is 1.00 bits per heavy atom. The fraction of sp³-hybridized carbons (Fsp3) is 0.842. The van der Waals surface area contributed by atoms with Gasteiger partial charge in [0, 0.05) is 32.1 Å². The maximum absolute atomic E-state index is 12.7. The zero-order chi connectivity index (χ0) is 17.1. The number of nitrogens with zero attached hydrogens (tertiary/aromatic N) is 4. The lowest BCUT2D eigenvalue weighted by Gasteiger charge is -2.36. The van der Waals surface area contributed by atoms with Crippen LogP contribution >= 0.6 is 0 Å². The van der Waals surface area contributed by atoms with E-state index >= 15 is 0 Å². The van der Waals surface area contributed by atoms with Crippen LogP contribution in [0.25, 0.3) is 0 Å². The van der Waals surface area contributed by atoms with E-state index in [1.54, 1.807) is 0 Å². The zero-order valence-electron chi connectivity index (χ0n) is 15.3. The maximum atomic E-state index is 12.7. The largest absolute Gasteiger partial charge is 0.345 e. The van der Waals surface area contributed by atoms with Gasteiger partial charge in [0.25, 0.3) is 5.91 Å². The van der Waals surface area contributed by atoms with Crippen LogP contribution < -0.4 is 5.32 Å². The molecule has 1 saturated carbocycles. The molecule has 4 rings (SSSR count). The first-order chi connectivity index (χ1) is 12.3. The van der Waals surface area contributed by atoms with E-state index in [4.69, 9.17) is 0 Å². The molecule has 1 aromatic rings. The SMILES string of the molecule is O=C(N[C@@H]1CCCN(CC2CCCCC2)C1)c1nnc2n1CCCC2. The third-order valence-corrected chi connectivity index (χ3v) is 6.14. The molecule has 25 heavy (non-hydrogen) atoms. The van der Waals surface area contributed by atoms with Crippen molar-refractivity contribution in [2.75, 3.05) is 19.6 Å². The fourth-order valence-electron chi connectivity index (χ4n) is 4.80. The lowest BCUT2D eigenvalue weighted by atomic mass is 9.88. The van der Waals surface area contributed by atoms with E-state index in [0.717, 1.165) is 50.5 Å². The van der Waals surface area contributed by atoms with Crippen LogP contribution in [0.1, 0.15) is 74.2 Å². The Morgan fingerprint density at radius 3 is 2.76 bits per heavy atom. The van der Waals surface area contributed by atoms with Crippen LogP contribution in [0.5, 0.6) is 0 Å². The predicted molar refractivity (Wildman–Crippen MR) is 96.5 cm³/mol. The normalized spacial score (nSPS) is 25.5. The second-order valence-corrected chi connectivity index (χ2v) is 8.12. The Bertz CT molecular complexity index is 593. The van der Waals surface area contributed by atoms with Crippen molar-refractivity contribution in [2.45, 2.75) is 76.8 Å². The summed E-state index contributed by atoms with van der Waals surface area (Å²) >= 11 is 0. The summed E-state index contributed by atoms with van der Waals surface area (Å²) in [7, 11) is 0. The molecule has 0 aromatic carbocycles. The minimum Gasteiger partial charge on any atom is -0.345 e. The van der Waals surface area contributed by atoms with Crippen molar-refractivity contribution < 1.29 is 4.79 Å². The van der Waals surface area contributed by atoms with E-state index in [1.165, 1.54) is 51.6 Å². The van der Waals surface area contributed by atoms with Gasteiger partial charge in [0.2, 0.25) is 5.82 Å². The number of nitrogens with one attached hydrogen (secondary N) is 1. The predicted octanol–water partition coefficient (Wildman–Crippen LogP) is 2.39. The number of hydrogen-bond acceptors (Lipinski definition) is 4. The van der Waals surface area contributed by atoms with Gasteiger partial charge in [-0.2, -0.15) is 0 Å². The minimum atomic E-state index is -0.0369. The van der Waals surface area contributed by atoms with Gasteiger partial charge in [-0.15, -0.1) is 10.2 Å². The van der Waals surface area contributed by atoms with Gasteiger partial charge < -0.3 is 14.8 Å². The number of likely N-dealkylation sites (tertiary alicyclic amines) is 1. The van der Waals surface area contributed by atoms with Gasteiger partial charge in [0.05, 0.1) is 0 Å². The van der Waals surface area contributed by atoms with Gasteiger partial charge in [0.1, 0.15) is 5.82 Å². The first-order valence-electron chi connectivity index (χ1n) is 10.2. The molecule has 1 saturated heterocycles. The molecule has 0 radical (unpaired) electrons. The monoisotopic (exact) mass is 345 g/mol. The molecule has 2 fully saturated rings. The van der Waals surface area contributed by atoms with Crippen molar-refractivity contribution in [1.82, 2.24) is 25.0 Å². The van der Waals surface area contributed by atoms with Crippen LogP contribution in [-0.2, 0) is 13.0 Å². The summed E-state index contributed by atoms with van der Waals surface area (Å²) < 4.78 is 2.02. The molecular formula is C19H31N5O. The Kier molecular flexibility index (Phi) is 5.34. The Balaban J connectivity index is 1.32. The smallest absolute Gasteiger partial charge is 0.289 e. The number of aromatic nitrogens is 3. The zero-order valence-corrected chi connectivity index (χ0v) is 15.3. The van der Waals surface area contributed by atoms with Crippen molar-refractivity contribution in [2.24, 2.45) is 5.92 Å². The van der Waals surface area contributed by atoms with Gasteiger partial charge in [-0.3, -0.25) is 4.79 Å². The van der Waals surface area contributed by atoms with Gasteiger partial charge in [-0.05, 0) is 51.0 Å². The second-order valence-electron chi connectivity index (χ2n) is 8.12. The third-order valence-electron chi connectivity index (χ3n) is 6.14. The van der Waals surface area contributed by atoms with Crippen LogP contribution in [-0.4, -0.2) is 51.2 Å². The average Bonchev–Trinajstić information content (AvgIpc) is 3.07. The highest BCUT2D eigenvalue weighted by Gasteiger charge is 2.27. The molecular weight excluding hydrogens is 314 g/mol. The Morgan fingerprint density at radius 2 is 1.88 bits per heavy atom. The van der Waals surface area contributed by atoms with Gasteiger partial charge in [-0.25, -0.2) is 0 Å². The van der Waals surface area contributed by atoms with Crippen molar-refractivity contribution in [3.05, 3.63) is 11.6 Å². The molecule has 1 atom stereocenters. The van der Waals surface area contributed by atoms with E-state index in [-0.39, 0.29) is 11.9 Å². The molecule has 1 amide bonds. The molecule has 138 valence electrons. The van der Waals surface area contributed by atoms with E-state index in [2.05, 4.69) is 20.4 Å². The van der Waals surface area contributed by atoms with Crippen LogP contribution in [0.4, 0.5) is 0 Å². The van der Waals surface area contributed by atoms with Crippen LogP contribution in [0.3, 0.4) is 0 Å². The van der Waals surface area contributed by atoms with E-state index in [0.29, 0.717) is 5.82 Å². The first kappa shape index (κ1) is 17.0. The van der Waals surface area contributed by atoms with Gasteiger partial charge >= 0.3 is 0 Å². The summed E-state index contributed by atoms with van der Waals surface area (Å²) in [4.78, 5) is 15.3. The summed E-state index contributed by atoms with van der Waals surface area (Å²) in [5.74, 6) is 2.31. The first-order valence-corrected chi connectivity index (χ1v) is 10.2. The number of rotatable bonds is 4. The molecule has 6 heteroatoms. The standard InChI is InChI=1S/C19H31N5O/c25-19(18-22-21-17-10-4-5-12-24(17)18)20-16-9-6-11-23(14-16)13-15-7-2-1-3-8-15/h15-16H,1-14H2,(H,20,25)/t16-/m1/s1. The second kappa shape index (κ2) is 7.85. The summed E-state index contributed by atoms with van der Waals surface area (Å²) in [5.41, 5.74) is 0. The van der Waals surface area contributed by atoms with Gasteiger partial charge in [0.15, 0.2) is 0 Å². The molecule has 2 aliphatic heterocycles. The number of amides is 1. The van der Waals surface area contributed by atoms with Crippen LogP contribution in [0.15, 0.2) is 0 Å².